The number of para-hydroxylation sites is 2. The molecule has 54 heavy (non-hydrogen) atoms. The Labute approximate surface area is 320 Å². The fourth-order valence-electron chi connectivity index (χ4n) is 6.31. The van der Waals surface area contributed by atoms with Crippen molar-refractivity contribution in [2.24, 2.45) is 0 Å². The molecule has 2 amide bonds. The summed E-state index contributed by atoms with van der Waals surface area (Å²) >= 11 is 1.46. The summed E-state index contributed by atoms with van der Waals surface area (Å²) in [6.07, 6.45) is 3.97. The first-order chi connectivity index (χ1) is 26.3. The summed E-state index contributed by atoms with van der Waals surface area (Å²) in [6, 6.07) is 36.5. The lowest BCUT2D eigenvalue weighted by Gasteiger charge is -2.36. The number of unbranched alkanes of at least 4 members (excludes halogenated alkanes) is 2. The van der Waals surface area contributed by atoms with E-state index in [0.717, 1.165) is 44.5 Å². The van der Waals surface area contributed by atoms with Crippen molar-refractivity contribution in [2.75, 3.05) is 16.8 Å². The average Bonchev–Trinajstić information content (AvgIpc) is 3.20. The lowest BCUT2D eigenvalue weighted by molar-refractivity contribution is -0.645. The van der Waals surface area contributed by atoms with Crippen LogP contribution in [0.5, 0.6) is 0 Å². The van der Waals surface area contributed by atoms with E-state index in [4.69, 9.17) is 15.2 Å². The molecule has 2 heterocycles. The number of pyridine rings is 1. The molecule has 1 saturated heterocycles. The van der Waals surface area contributed by atoms with Crippen LogP contribution < -0.4 is 21.1 Å². The standard InChI is InChI=1S/C43H46N4O6S/c44-37-14-4-5-15-38(37)46-41(50)17-3-1-2-16-40(49)45-27-31-10-8-11-33(24-31)34-12-9-13-35(25-34)43-52-36(29-54-42-18-6-7-23-47(42)51)26-39(53-43)32-21-19-30(28-48)20-22-32/h4-15,18-25,36,39,43,48H,1-3,16-17,26-29,44H2,(H,45,49)(H,46,50)/t36-,39+,43+/m0/s1. The Kier molecular flexibility index (Phi) is 13.7. The number of benzene rings is 4. The zero-order chi connectivity index (χ0) is 37.7. The number of nitrogens with zero attached hydrogens (tertiary/aromatic N) is 1. The van der Waals surface area contributed by atoms with Crippen molar-refractivity contribution >= 4 is 35.0 Å². The van der Waals surface area contributed by atoms with Gasteiger partial charge in [-0.15, -0.1) is 0 Å². The Morgan fingerprint density at radius 1 is 0.796 bits per heavy atom. The number of aromatic nitrogens is 1. The molecule has 10 nitrogen and oxygen atoms in total. The average molecular weight is 747 g/mol. The number of carbonyl (C=O) groups is 2. The summed E-state index contributed by atoms with van der Waals surface area (Å²) in [4.78, 5) is 24.9. The van der Waals surface area contributed by atoms with Crippen LogP contribution in [0.15, 0.2) is 126 Å². The Hall–Kier alpha value is -5.20. The van der Waals surface area contributed by atoms with Gasteiger partial charge in [-0.2, -0.15) is 4.73 Å². The summed E-state index contributed by atoms with van der Waals surface area (Å²) < 4.78 is 14.0. The summed E-state index contributed by atoms with van der Waals surface area (Å²) in [7, 11) is 0. The lowest BCUT2D eigenvalue weighted by atomic mass is 9.99. The number of anilines is 2. The first-order valence-corrected chi connectivity index (χ1v) is 19.2. The molecule has 5 aromatic rings. The van der Waals surface area contributed by atoms with Gasteiger partial charge in [-0.05, 0) is 71.0 Å². The monoisotopic (exact) mass is 746 g/mol. The molecule has 1 aliphatic heterocycles. The maximum Gasteiger partial charge on any atom is 0.251 e. The number of thioether (sulfide) groups is 1. The number of hydrogen-bond donors (Lipinski definition) is 4. The minimum absolute atomic E-state index is 0.0267. The molecule has 0 saturated carbocycles. The highest BCUT2D eigenvalue weighted by atomic mass is 32.2. The predicted octanol–water partition coefficient (Wildman–Crippen LogP) is 7.60. The summed E-state index contributed by atoms with van der Waals surface area (Å²) in [5.74, 6) is 0.463. The van der Waals surface area contributed by atoms with Gasteiger partial charge in [0.2, 0.25) is 11.8 Å². The topological polar surface area (TPSA) is 150 Å². The number of aliphatic hydroxyl groups excluding tert-OH is 1. The molecule has 3 atom stereocenters. The number of ether oxygens (including phenoxy) is 2. The second kappa shape index (κ2) is 19.2. The van der Waals surface area contributed by atoms with Crippen molar-refractivity contribution in [2.45, 2.75) is 75.2 Å². The highest BCUT2D eigenvalue weighted by molar-refractivity contribution is 7.99. The fraction of sp³-hybridized carbons (Fsp3) is 0.279. The molecule has 5 N–H and O–H groups in total. The molecular weight excluding hydrogens is 701 g/mol. The highest BCUT2D eigenvalue weighted by Gasteiger charge is 2.33. The van der Waals surface area contributed by atoms with Crippen LogP contribution in [0.4, 0.5) is 11.4 Å². The molecule has 1 aliphatic rings. The van der Waals surface area contributed by atoms with Crippen molar-refractivity contribution in [1.29, 1.82) is 0 Å². The highest BCUT2D eigenvalue weighted by Crippen LogP contribution is 2.40. The Bertz CT molecular complexity index is 2010. The third-order valence-corrected chi connectivity index (χ3v) is 10.4. The molecule has 11 heteroatoms. The van der Waals surface area contributed by atoms with Gasteiger partial charge in [-0.3, -0.25) is 9.59 Å². The molecule has 4 aromatic carbocycles. The van der Waals surface area contributed by atoms with Gasteiger partial charge >= 0.3 is 0 Å². The summed E-state index contributed by atoms with van der Waals surface area (Å²) in [5, 5.41) is 28.3. The van der Waals surface area contributed by atoms with Gasteiger partial charge in [0, 0.05) is 49.3 Å². The van der Waals surface area contributed by atoms with Gasteiger partial charge in [-0.1, -0.05) is 91.0 Å². The first kappa shape index (κ1) is 38.5. The van der Waals surface area contributed by atoms with Crippen molar-refractivity contribution in [1.82, 2.24) is 5.32 Å². The van der Waals surface area contributed by atoms with E-state index in [-0.39, 0.29) is 30.6 Å². The Morgan fingerprint density at radius 2 is 1.54 bits per heavy atom. The maximum atomic E-state index is 12.6. The van der Waals surface area contributed by atoms with Gasteiger partial charge in [0.05, 0.1) is 30.2 Å². The van der Waals surface area contributed by atoms with Crippen molar-refractivity contribution < 1.29 is 28.9 Å². The van der Waals surface area contributed by atoms with E-state index in [1.807, 2.05) is 78.9 Å². The number of nitrogens with two attached hydrogens (primary N) is 1. The smallest absolute Gasteiger partial charge is 0.251 e. The van der Waals surface area contributed by atoms with Gasteiger partial charge in [-0.25, -0.2) is 0 Å². The zero-order valence-electron chi connectivity index (χ0n) is 30.1. The van der Waals surface area contributed by atoms with Crippen LogP contribution in [-0.4, -0.2) is 28.8 Å². The van der Waals surface area contributed by atoms with E-state index < -0.39 is 6.29 Å². The van der Waals surface area contributed by atoms with Crippen molar-refractivity contribution in [3.8, 4) is 11.1 Å². The third-order valence-electron chi connectivity index (χ3n) is 9.27. The third kappa shape index (κ3) is 10.9. The predicted molar refractivity (Wildman–Crippen MR) is 211 cm³/mol. The summed E-state index contributed by atoms with van der Waals surface area (Å²) in [5.41, 5.74) is 12.7. The largest absolute Gasteiger partial charge is 0.618 e. The Morgan fingerprint density at radius 3 is 2.31 bits per heavy atom. The van der Waals surface area contributed by atoms with Crippen molar-refractivity contribution in [3.63, 3.8) is 0 Å². The van der Waals surface area contributed by atoms with Crippen LogP contribution in [-0.2, 0) is 32.2 Å². The van der Waals surface area contributed by atoms with E-state index in [0.29, 0.717) is 60.8 Å². The first-order valence-electron chi connectivity index (χ1n) is 18.3. The molecule has 0 aliphatic carbocycles. The zero-order valence-corrected chi connectivity index (χ0v) is 30.9. The minimum atomic E-state index is -0.638. The number of nitrogens with one attached hydrogen (secondary N) is 2. The summed E-state index contributed by atoms with van der Waals surface area (Å²) in [6.45, 7) is 0.377. The van der Waals surface area contributed by atoms with Gasteiger partial charge in [0.1, 0.15) is 0 Å². The van der Waals surface area contributed by atoms with Crippen molar-refractivity contribution in [3.05, 3.63) is 149 Å². The van der Waals surface area contributed by atoms with E-state index in [1.54, 1.807) is 24.3 Å². The van der Waals surface area contributed by atoms with Gasteiger partial charge in [0.15, 0.2) is 12.5 Å². The number of aliphatic hydroxyl groups is 1. The molecular formula is C43H46N4O6S. The van der Waals surface area contributed by atoms with Crippen LogP contribution in [0, 0.1) is 5.21 Å². The van der Waals surface area contributed by atoms with E-state index in [1.165, 1.54) is 18.0 Å². The van der Waals surface area contributed by atoms with Crippen LogP contribution >= 0.6 is 11.8 Å². The van der Waals surface area contributed by atoms with Gasteiger partial charge in [0.25, 0.3) is 5.03 Å². The van der Waals surface area contributed by atoms with Crippen LogP contribution in [0.1, 0.15) is 73.2 Å². The maximum absolute atomic E-state index is 12.6. The van der Waals surface area contributed by atoms with Gasteiger partial charge < -0.3 is 36.2 Å². The molecule has 0 radical (unpaired) electrons. The number of amides is 2. The number of hydrogen-bond acceptors (Lipinski definition) is 8. The van der Waals surface area contributed by atoms with E-state index >= 15 is 0 Å². The second-order valence-corrected chi connectivity index (χ2v) is 14.4. The normalized spacial score (nSPS) is 16.8. The molecule has 1 aromatic heterocycles. The van der Waals surface area contributed by atoms with Crippen LogP contribution in [0.3, 0.4) is 0 Å². The van der Waals surface area contributed by atoms with Crippen LogP contribution in [0.25, 0.3) is 11.1 Å². The molecule has 0 bridgehead atoms. The van der Waals surface area contributed by atoms with E-state index in [2.05, 4.69) is 22.8 Å². The fourth-order valence-corrected chi connectivity index (χ4v) is 7.25. The second-order valence-electron chi connectivity index (χ2n) is 13.3. The lowest BCUT2D eigenvalue weighted by Crippen LogP contribution is -2.32. The quantitative estimate of drug-likeness (QED) is 0.0265. The molecule has 1 fully saturated rings. The Balaban J connectivity index is 1.03. The number of carbonyl (C=O) groups excluding carboxylic acids is 2. The number of nitrogen functional groups attached to an aromatic ring is 1. The molecule has 280 valence electrons. The molecule has 0 unspecified atom stereocenters. The molecule has 0 spiro atoms. The number of rotatable bonds is 16. The molecule has 6 rings (SSSR count). The SMILES string of the molecule is Nc1ccccc1NC(=O)CCCCCC(=O)NCc1cccc(-c2cccc([C@@H]3O[C@H](CSc4cccc[n+]4[O-])C[C@H](c4ccc(CO)cc4)O3)c2)c1. The van der Waals surface area contributed by atoms with E-state index in [9.17, 15) is 19.9 Å². The van der Waals surface area contributed by atoms with Crippen LogP contribution in [0.2, 0.25) is 0 Å². The minimum Gasteiger partial charge on any atom is -0.618 e.